The van der Waals surface area contributed by atoms with Crippen molar-refractivity contribution in [3.63, 3.8) is 0 Å². The second-order valence-corrected chi connectivity index (χ2v) is 5.35. The maximum absolute atomic E-state index is 13.5. The number of methoxy groups -OCH3 is 1. The van der Waals surface area contributed by atoms with Crippen molar-refractivity contribution in [2.24, 2.45) is 0 Å². The van der Waals surface area contributed by atoms with Crippen LogP contribution in [0.15, 0.2) is 18.2 Å². The van der Waals surface area contributed by atoms with Crippen molar-refractivity contribution in [1.29, 1.82) is 0 Å². The van der Waals surface area contributed by atoms with E-state index in [0.29, 0.717) is 12.0 Å². The fraction of sp³-hybridized carbons (Fsp3) is 0.462. The molecule has 98 valence electrons. The van der Waals surface area contributed by atoms with Gasteiger partial charge in [-0.05, 0) is 18.2 Å². The highest BCUT2D eigenvalue weighted by atomic mass is 32.2. The van der Waals surface area contributed by atoms with Crippen LogP contribution in [0.2, 0.25) is 0 Å². The fourth-order valence-electron chi connectivity index (χ4n) is 1.93. The molecule has 1 unspecified atom stereocenters. The van der Waals surface area contributed by atoms with Crippen molar-refractivity contribution >= 4 is 17.5 Å². The molecule has 1 aromatic carbocycles. The zero-order valence-electron chi connectivity index (χ0n) is 10.2. The van der Waals surface area contributed by atoms with Crippen molar-refractivity contribution in [3.05, 3.63) is 29.6 Å². The fourth-order valence-corrected chi connectivity index (χ4v) is 2.88. The molecule has 1 saturated heterocycles. The molecule has 0 saturated carbocycles. The number of halogens is 1. The van der Waals surface area contributed by atoms with E-state index in [4.69, 9.17) is 4.74 Å². The first-order chi connectivity index (χ1) is 8.70. The number of thioether (sulfide) groups is 1. The van der Waals surface area contributed by atoms with Crippen LogP contribution in [0.25, 0.3) is 0 Å². The zero-order chi connectivity index (χ0) is 13.0. The number of Topliss-reactive ketones (excluding diaryl/α,β-unsaturated/α-hetero) is 1. The average molecular weight is 269 g/mol. The highest BCUT2D eigenvalue weighted by molar-refractivity contribution is 7.99. The molecule has 0 amide bonds. The van der Waals surface area contributed by atoms with E-state index < -0.39 is 5.82 Å². The third-order valence-corrected chi connectivity index (χ3v) is 4.03. The summed E-state index contributed by atoms with van der Waals surface area (Å²) in [7, 11) is 1.41. The molecule has 1 atom stereocenters. The van der Waals surface area contributed by atoms with Crippen LogP contribution in [0.4, 0.5) is 4.39 Å². The van der Waals surface area contributed by atoms with Crippen molar-refractivity contribution in [2.45, 2.75) is 12.5 Å². The van der Waals surface area contributed by atoms with Crippen LogP contribution in [-0.2, 0) is 0 Å². The van der Waals surface area contributed by atoms with Crippen LogP contribution >= 0.6 is 11.8 Å². The molecule has 1 aliphatic rings. The number of benzene rings is 1. The van der Waals surface area contributed by atoms with Crippen LogP contribution in [0.1, 0.15) is 16.8 Å². The molecule has 1 N–H and O–H groups in total. The smallest absolute Gasteiger partial charge is 0.165 e. The maximum Gasteiger partial charge on any atom is 0.165 e. The Morgan fingerprint density at radius 2 is 2.44 bits per heavy atom. The first-order valence-electron chi connectivity index (χ1n) is 5.88. The van der Waals surface area contributed by atoms with E-state index >= 15 is 0 Å². The summed E-state index contributed by atoms with van der Waals surface area (Å²) in [5.41, 5.74) is 0.408. The van der Waals surface area contributed by atoms with Gasteiger partial charge in [0, 0.05) is 36.1 Å². The lowest BCUT2D eigenvalue weighted by Gasteiger charge is -2.22. The lowest BCUT2D eigenvalue weighted by Crippen LogP contribution is -2.38. The molecule has 5 heteroatoms. The molecular weight excluding hydrogens is 253 g/mol. The second kappa shape index (κ2) is 6.20. The number of hydrogen-bond acceptors (Lipinski definition) is 4. The van der Waals surface area contributed by atoms with E-state index in [9.17, 15) is 9.18 Å². The maximum atomic E-state index is 13.5. The van der Waals surface area contributed by atoms with Gasteiger partial charge in [0.15, 0.2) is 17.3 Å². The van der Waals surface area contributed by atoms with E-state index in [1.165, 1.54) is 19.2 Å². The van der Waals surface area contributed by atoms with Crippen LogP contribution in [-0.4, -0.2) is 37.0 Å². The van der Waals surface area contributed by atoms with Crippen LogP contribution in [0, 0.1) is 5.82 Å². The molecule has 1 aliphatic heterocycles. The zero-order valence-corrected chi connectivity index (χ0v) is 11.1. The first kappa shape index (κ1) is 13.4. The third kappa shape index (κ3) is 3.23. The van der Waals surface area contributed by atoms with Gasteiger partial charge in [0.25, 0.3) is 0 Å². The largest absolute Gasteiger partial charge is 0.494 e. The Labute approximate surface area is 110 Å². The Morgan fingerprint density at radius 1 is 1.61 bits per heavy atom. The summed E-state index contributed by atoms with van der Waals surface area (Å²) in [5.74, 6) is 1.66. The topological polar surface area (TPSA) is 38.3 Å². The number of rotatable bonds is 4. The molecule has 0 aromatic heterocycles. The summed E-state index contributed by atoms with van der Waals surface area (Å²) in [6.07, 6.45) is 0.415. The van der Waals surface area contributed by atoms with E-state index in [1.54, 1.807) is 6.07 Å². The number of carbonyl (C=O) groups excluding carboxylic acids is 1. The quantitative estimate of drug-likeness (QED) is 0.850. The van der Waals surface area contributed by atoms with E-state index in [2.05, 4.69) is 5.32 Å². The summed E-state index contributed by atoms with van der Waals surface area (Å²) in [4.78, 5) is 12.0. The summed E-state index contributed by atoms with van der Waals surface area (Å²) in [6, 6.07) is 4.55. The van der Waals surface area contributed by atoms with Gasteiger partial charge in [0.05, 0.1) is 7.11 Å². The van der Waals surface area contributed by atoms with Gasteiger partial charge in [-0.25, -0.2) is 4.39 Å². The summed E-state index contributed by atoms with van der Waals surface area (Å²) in [5, 5.41) is 3.30. The van der Waals surface area contributed by atoms with Gasteiger partial charge in [-0.1, -0.05) is 0 Å². The van der Waals surface area contributed by atoms with Crippen LogP contribution < -0.4 is 10.1 Å². The standard InChI is InChI=1S/C13H16FNO2S/c1-17-13-3-2-9(6-11(13)14)12(16)7-10-8-18-5-4-15-10/h2-3,6,10,15H,4-5,7-8H2,1H3. The Bertz CT molecular complexity index is 433. The van der Waals surface area contributed by atoms with Crippen LogP contribution in [0.3, 0.4) is 0 Å². The third-order valence-electron chi connectivity index (χ3n) is 2.90. The van der Waals surface area contributed by atoms with Crippen molar-refractivity contribution in [3.8, 4) is 5.75 Å². The van der Waals surface area contributed by atoms with Gasteiger partial charge in [0.2, 0.25) is 0 Å². The Kier molecular flexibility index (Phi) is 4.60. The molecule has 1 heterocycles. The van der Waals surface area contributed by atoms with E-state index in [0.717, 1.165) is 18.1 Å². The Hall–Kier alpha value is -1.07. The predicted molar refractivity (Wildman–Crippen MR) is 71.0 cm³/mol. The minimum atomic E-state index is -0.491. The highest BCUT2D eigenvalue weighted by Gasteiger charge is 2.18. The number of carbonyl (C=O) groups is 1. The second-order valence-electron chi connectivity index (χ2n) is 4.20. The monoisotopic (exact) mass is 269 g/mol. The van der Waals surface area contributed by atoms with Gasteiger partial charge in [-0.2, -0.15) is 11.8 Å². The van der Waals surface area contributed by atoms with Crippen molar-refractivity contribution < 1.29 is 13.9 Å². The molecule has 18 heavy (non-hydrogen) atoms. The van der Waals surface area contributed by atoms with Gasteiger partial charge in [-0.15, -0.1) is 0 Å². The molecule has 2 rings (SSSR count). The molecule has 3 nitrogen and oxygen atoms in total. The van der Waals surface area contributed by atoms with E-state index in [1.807, 2.05) is 11.8 Å². The number of nitrogens with one attached hydrogen (secondary N) is 1. The molecular formula is C13H16FNO2S. The summed E-state index contributed by atoms with van der Waals surface area (Å²) >= 11 is 1.84. The lowest BCUT2D eigenvalue weighted by molar-refractivity contribution is 0.0971. The molecule has 0 bridgehead atoms. The summed E-state index contributed by atoms with van der Waals surface area (Å²) in [6.45, 7) is 0.930. The molecule has 0 radical (unpaired) electrons. The minimum absolute atomic E-state index is 0.0310. The summed E-state index contributed by atoms with van der Waals surface area (Å²) < 4.78 is 18.3. The average Bonchev–Trinajstić information content (AvgIpc) is 2.39. The van der Waals surface area contributed by atoms with Gasteiger partial charge >= 0.3 is 0 Å². The minimum Gasteiger partial charge on any atom is -0.494 e. The lowest BCUT2D eigenvalue weighted by atomic mass is 10.0. The van der Waals surface area contributed by atoms with Crippen molar-refractivity contribution in [2.75, 3.05) is 25.2 Å². The number of ketones is 1. The van der Waals surface area contributed by atoms with Gasteiger partial charge in [-0.3, -0.25) is 4.79 Å². The number of ether oxygens (including phenoxy) is 1. The normalized spacial score (nSPS) is 19.6. The molecule has 0 spiro atoms. The van der Waals surface area contributed by atoms with Gasteiger partial charge in [0.1, 0.15) is 0 Å². The van der Waals surface area contributed by atoms with Crippen molar-refractivity contribution in [1.82, 2.24) is 5.32 Å². The highest BCUT2D eigenvalue weighted by Crippen LogP contribution is 2.20. The number of hydrogen-bond donors (Lipinski definition) is 1. The molecule has 1 aromatic rings. The molecule has 1 fully saturated rings. The van der Waals surface area contributed by atoms with Crippen LogP contribution in [0.5, 0.6) is 5.75 Å². The van der Waals surface area contributed by atoms with E-state index in [-0.39, 0.29) is 17.6 Å². The Morgan fingerprint density at radius 3 is 3.06 bits per heavy atom. The SMILES string of the molecule is COc1ccc(C(=O)CC2CSCCN2)cc1F. The molecule has 0 aliphatic carbocycles. The Balaban J connectivity index is 2.01. The first-order valence-corrected chi connectivity index (χ1v) is 7.04. The van der Waals surface area contributed by atoms with Gasteiger partial charge < -0.3 is 10.1 Å². The predicted octanol–water partition coefficient (Wildman–Crippen LogP) is 2.11.